The molecule has 2 aliphatic carbocycles. The molecule has 0 aromatic heterocycles. The number of nitrogens with zero attached hydrogens (tertiary/aromatic N) is 1. The molecule has 1 saturated heterocycles. The molecule has 1 aliphatic heterocycles. The van der Waals surface area contributed by atoms with Crippen molar-refractivity contribution in [2.45, 2.75) is 105 Å². The molecule has 9 nitrogen and oxygen atoms in total. The van der Waals surface area contributed by atoms with E-state index in [4.69, 9.17) is 10.5 Å². The lowest BCUT2D eigenvalue weighted by atomic mass is 9.76. The average Bonchev–Trinajstić information content (AvgIpc) is 3.14. The molecular weight excluding hydrogens is 512 g/mol. The molecule has 0 aromatic carbocycles. The predicted molar refractivity (Wildman–Crippen MR) is 149 cm³/mol. The first-order valence-corrected chi connectivity index (χ1v) is 14.6. The zero-order chi connectivity index (χ0) is 30.0. The fourth-order valence-corrected chi connectivity index (χ4v) is 6.58. The maximum absolute atomic E-state index is 14.0. The number of nitrogens with two attached hydrogens (primary N) is 1. The molecule has 2 amide bonds. The van der Waals surface area contributed by atoms with Crippen molar-refractivity contribution in [3.8, 4) is 0 Å². The Hall–Kier alpha value is -2.84. The zero-order valence-corrected chi connectivity index (χ0v) is 24.9. The zero-order valence-electron chi connectivity index (χ0n) is 24.9. The smallest absolute Gasteiger partial charge is 0.307 e. The van der Waals surface area contributed by atoms with Crippen molar-refractivity contribution >= 4 is 35.1 Å². The molecule has 9 heteroatoms. The molecule has 2 unspecified atom stereocenters. The maximum Gasteiger partial charge on any atom is 0.307 e. The van der Waals surface area contributed by atoms with E-state index >= 15 is 0 Å². The monoisotopic (exact) mass is 558 g/mol. The lowest BCUT2D eigenvalue weighted by Crippen LogP contribution is -2.49. The third-order valence-corrected chi connectivity index (χ3v) is 9.00. The van der Waals surface area contributed by atoms with Crippen LogP contribution in [0.3, 0.4) is 0 Å². The predicted octanol–water partition coefficient (Wildman–Crippen LogP) is 3.56. The number of hydrogen-bond acceptors (Lipinski definition) is 7. The van der Waals surface area contributed by atoms with Gasteiger partial charge in [0.15, 0.2) is 11.6 Å². The van der Waals surface area contributed by atoms with E-state index in [-0.39, 0.29) is 60.4 Å². The number of piperidine rings is 1. The average molecular weight is 559 g/mol. The molecule has 0 spiro atoms. The third kappa shape index (κ3) is 7.46. The number of esters is 1. The number of rotatable bonds is 14. The van der Waals surface area contributed by atoms with Crippen LogP contribution in [0.1, 0.15) is 92.9 Å². The van der Waals surface area contributed by atoms with Gasteiger partial charge < -0.3 is 15.4 Å². The SMILES string of the molecule is C/C=C/C(=O)CC[C@H](CC(=O)OC(C)(C)C)C(=O)N1C[C@H]2C([C@H]1C(=O)CC(CC1CCC1)C(=O)C(N)=O)C2(C)C. The highest BCUT2D eigenvalue weighted by Crippen LogP contribution is 2.65. The number of ether oxygens (including phenoxy) is 1. The number of carbonyl (C=O) groups excluding carboxylic acids is 6. The number of likely N-dealkylation sites (tertiary alicyclic amines) is 1. The standard InChI is InChI=1S/C31H46N2O7/c1-7-9-21(34)13-12-19(16-24(36)40-30(2,3)4)29(39)33-17-22-25(31(22,5)6)26(33)23(35)15-20(27(37)28(32)38)14-18-10-8-11-18/h7,9,18-20,22,25-26H,8,10-17H2,1-6H3,(H2,32,38)/b9-7+/t19-,20?,22+,25?,26-/m1/s1. The minimum atomic E-state index is -1.04. The number of Topliss-reactive ketones (excluding diaryl/α,β-unsaturated/α-hetero) is 2. The first-order chi connectivity index (χ1) is 18.6. The lowest BCUT2D eigenvalue weighted by molar-refractivity contribution is -0.159. The second-order valence-electron chi connectivity index (χ2n) is 13.5. The molecule has 40 heavy (non-hydrogen) atoms. The van der Waals surface area contributed by atoms with Crippen LogP contribution in [0.4, 0.5) is 0 Å². The largest absolute Gasteiger partial charge is 0.460 e. The fourth-order valence-electron chi connectivity index (χ4n) is 6.58. The van der Waals surface area contributed by atoms with Crippen molar-refractivity contribution in [2.75, 3.05) is 6.54 Å². The van der Waals surface area contributed by atoms with Gasteiger partial charge in [-0.15, -0.1) is 0 Å². The Morgan fingerprint density at radius 3 is 2.23 bits per heavy atom. The molecular formula is C31H46N2O7. The van der Waals surface area contributed by atoms with Crippen LogP contribution < -0.4 is 5.73 Å². The van der Waals surface area contributed by atoms with Gasteiger partial charge >= 0.3 is 5.97 Å². The van der Waals surface area contributed by atoms with Gasteiger partial charge in [0.1, 0.15) is 5.60 Å². The van der Waals surface area contributed by atoms with Crippen LogP contribution >= 0.6 is 0 Å². The van der Waals surface area contributed by atoms with E-state index in [0.717, 1.165) is 19.3 Å². The van der Waals surface area contributed by atoms with Gasteiger partial charge in [-0.3, -0.25) is 28.8 Å². The Morgan fingerprint density at radius 2 is 1.70 bits per heavy atom. The summed E-state index contributed by atoms with van der Waals surface area (Å²) < 4.78 is 5.47. The second-order valence-corrected chi connectivity index (χ2v) is 13.5. The molecule has 2 saturated carbocycles. The van der Waals surface area contributed by atoms with E-state index in [9.17, 15) is 28.8 Å². The topological polar surface area (TPSA) is 141 Å². The van der Waals surface area contributed by atoms with Gasteiger partial charge in [-0.25, -0.2) is 0 Å². The molecule has 2 N–H and O–H groups in total. The van der Waals surface area contributed by atoms with Crippen molar-refractivity contribution in [1.82, 2.24) is 4.90 Å². The minimum absolute atomic E-state index is 0.0659. The van der Waals surface area contributed by atoms with Gasteiger partial charge in [0.25, 0.3) is 5.91 Å². The summed E-state index contributed by atoms with van der Waals surface area (Å²) in [6.07, 6.45) is 6.41. The molecule has 3 fully saturated rings. The third-order valence-electron chi connectivity index (χ3n) is 9.00. The highest BCUT2D eigenvalue weighted by Gasteiger charge is 2.69. The number of carbonyl (C=O) groups is 6. The highest BCUT2D eigenvalue weighted by molar-refractivity contribution is 6.36. The Balaban J connectivity index is 1.82. The quantitative estimate of drug-likeness (QED) is 0.195. The number of fused-ring (bicyclic) bond motifs is 1. The maximum atomic E-state index is 14.0. The fraction of sp³-hybridized carbons (Fsp3) is 0.742. The first-order valence-electron chi connectivity index (χ1n) is 14.6. The van der Waals surface area contributed by atoms with Gasteiger partial charge in [0.2, 0.25) is 11.7 Å². The van der Waals surface area contributed by atoms with Crippen molar-refractivity contribution < 1.29 is 33.5 Å². The van der Waals surface area contributed by atoms with Crippen LogP contribution in [0.15, 0.2) is 12.2 Å². The Morgan fingerprint density at radius 1 is 1.05 bits per heavy atom. The van der Waals surface area contributed by atoms with E-state index in [1.54, 1.807) is 38.7 Å². The van der Waals surface area contributed by atoms with Crippen molar-refractivity contribution in [3.63, 3.8) is 0 Å². The van der Waals surface area contributed by atoms with Gasteiger partial charge in [0.05, 0.1) is 12.5 Å². The Kier molecular flexibility index (Phi) is 9.78. The summed E-state index contributed by atoms with van der Waals surface area (Å²) in [5.41, 5.74) is 4.45. The Bertz CT molecular complexity index is 1070. The summed E-state index contributed by atoms with van der Waals surface area (Å²) in [5, 5.41) is 0. The second kappa shape index (κ2) is 12.4. The summed E-state index contributed by atoms with van der Waals surface area (Å²) in [6, 6.07) is -0.746. The van der Waals surface area contributed by atoms with E-state index in [1.807, 2.05) is 0 Å². The van der Waals surface area contributed by atoms with Crippen molar-refractivity contribution in [2.24, 2.45) is 40.7 Å². The van der Waals surface area contributed by atoms with Gasteiger partial charge in [-0.1, -0.05) is 39.2 Å². The summed E-state index contributed by atoms with van der Waals surface area (Å²) >= 11 is 0. The first kappa shape index (κ1) is 31.7. The van der Waals surface area contributed by atoms with E-state index < -0.39 is 41.1 Å². The van der Waals surface area contributed by atoms with Gasteiger partial charge in [-0.05, 0) is 69.8 Å². The lowest BCUT2D eigenvalue weighted by Gasteiger charge is -2.34. The summed E-state index contributed by atoms with van der Waals surface area (Å²) in [7, 11) is 0. The van der Waals surface area contributed by atoms with Crippen LogP contribution in [0.2, 0.25) is 0 Å². The number of primary amides is 1. The molecule has 0 radical (unpaired) electrons. The number of allylic oxidation sites excluding steroid dienone is 2. The molecule has 222 valence electrons. The molecule has 5 atom stereocenters. The van der Waals surface area contributed by atoms with Crippen LogP contribution in [0, 0.1) is 35.0 Å². The van der Waals surface area contributed by atoms with E-state index in [2.05, 4.69) is 13.8 Å². The number of ketones is 3. The molecule has 3 rings (SSSR count). The highest BCUT2D eigenvalue weighted by atomic mass is 16.6. The van der Waals surface area contributed by atoms with Crippen LogP contribution in [-0.4, -0.2) is 58.2 Å². The molecule has 1 heterocycles. The summed E-state index contributed by atoms with van der Waals surface area (Å²) in [6.45, 7) is 11.5. The number of amides is 2. The van der Waals surface area contributed by atoms with E-state index in [1.165, 1.54) is 6.08 Å². The van der Waals surface area contributed by atoms with Crippen molar-refractivity contribution in [1.29, 1.82) is 0 Å². The normalized spacial score (nSPS) is 25.1. The van der Waals surface area contributed by atoms with Gasteiger partial charge in [0, 0.05) is 31.2 Å². The van der Waals surface area contributed by atoms with Crippen molar-refractivity contribution in [3.05, 3.63) is 12.2 Å². The van der Waals surface area contributed by atoms with Crippen LogP contribution in [-0.2, 0) is 33.5 Å². The van der Waals surface area contributed by atoms with Crippen LogP contribution in [0.5, 0.6) is 0 Å². The molecule has 0 bridgehead atoms. The summed E-state index contributed by atoms with van der Waals surface area (Å²) in [5.74, 6) is -4.31. The van der Waals surface area contributed by atoms with E-state index in [0.29, 0.717) is 18.9 Å². The number of hydrogen-bond donors (Lipinski definition) is 1. The molecule has 0 aromatic rings. The molecule has 3 aliphatic rings. The minimum Gasteiger partial charge on any atom is -0.460 e. The Labute approximate surface area is 237 Å². The summed E-state index contributed by atoms with van der Waals surface area (Å²) in [4.78, 5) is 78.7. The van der Waals surface area contributed by atoms with Gasteiger partial charge in [-0.2, -0.15) is 0 Å². The van der Waals surface area contributed by atoms with Crippen LogP contribution in [0.25, 0.3) is 0 Å².